The number of sulfonamides is 1. The highest BCUT2D eigenvalue weighted by Gasteiger charge is 2.33. The standard InChI is InChI=1S/C14H22N2O4S/c1-20-14-7-6-12(10-13(14)15)21(18,19)16(8-9-17)11-4-2-3-5-11/h6-7,10-11,17H,2-5,8-9,15H2,1H3. The summed E-state index contributed by atoms with van der Waals surface area (Å²) in [5.41, 5.74) is 6.08. The van der Waals surface area contributed by atoms with E-state index in [-0.39, 0.29) is 29.8 Å². The predicted molar refractivity (Wildman–Crippen MR) is 80.6 cm³/mol. The largest absolute Gasteiger partial charge is 0.495 e. The predicted octanol–water partition coefficient (Wildman–Crippen LogP) is 1.20. The average molecular weight is 314 g/mol. The Kier molecular flexibility index (Phi) is 5.08. The molecule has 21 heavy (non-hydrogen) atoms. The Bertz CT molecular complexity index is 583. The summed E-state index contributed by atoms with van der Waals surface area (Å²) in [7, 11) is -2.17. The van der Waals surface area contributed by atoms with Crippen LogP contribution in [-0.2, 0) is 10.0 Å². The number of aliphatic hydroxyl groups excluding tert-OH is 1. The fourth-order valence-electron chi connectivity index (χ4n) is 2.80. The molecule has 0 unspecified atom stereocenters. The van der Waals surface area contributed by atoms with Gasteiger partial charge in [-0.3, -0.25) is 0 Å². The number of ether oxygens (including phenoxy) is 1. The van der Waals surface area contributed by atoms with Crippen LogP contribution in [0.2, 0.25) is 0 Å². The number of hydrogen-bond donors (Lipinski definition) is 2. The third-order valence-electron chi connectivity index (χ3n) is 3.86. The number of hydrogen-bond acceptors (Lipinski definition) is 5. The zero-order valence-electron chi connectivity index (χ0n) is 12.2. The van der Waals surface area contributed by atoms with E-state index in [2.05, 4.69) is 0 Å². The summed E-state index contributed by atoms with van der Waals surface area (Å²) >= 11 is 0. The number of aliphatic hydroxyl groups is 1. The zero-order chi connectivity index (χ0) is 15.5. The second-order valence-electron chi connectivity index (χ2n) is 5.18. The molecule has 0 saturated heterocycles. The fraction of sp³-hybridized carbons (Fsp3) is 0.571. The van der Waals surface area contributed by atoms with Crippen LogP contribution in [0.25, 0.3) is 0 Å². The van der Waals surface area contributed by atoms with E-state index in [9.17, 15) is 13.5 Å². The van der Waals surface area contributed by atoms with Gasteiger partial charge < -0.3 is 15.6 Å². The van der Waals surface area contributed by atoms with Crippen LogP contribution < -0.4 is 10.5 Å². The van der Waals surface area contributed by atoms with Crippen LogP contribution in [0.5, 0.6) is 5.75 Å². The maximum atomic E-state index is 12.8. The van der Waals surface area contributed by atoms with Crippen molar-refractivity contribution in [3.63, 3.8) is 0 Å². The Morgan fingerprint density at radius 3 is 2.57 bits per heavy atom. The van der Waals surface area contributed by atoms with Crippen molar-refractivity contribution in [2.75, 3.05) is 26.0 Å². The highest BCUT2D eigenvalue weighted by molar-refractivity contribution is 7.89. The van der Waals surface area contributed by atoms with Gasteiger partial charge in [0.25, 0.3) is 0 Å². The van der Waals surface area contributed by atoms with E-state index in [0.29, 0.717) is 5.75 Å². The second-order valence-corrected chi connectivity index (χ2v) is 7.07. The minimum absolute atomic E-state index is 0.0366. The summed E-state index contributed by atoms with van der Waals surface area (Å²) in [5, 5.41) is 9.19. The first kappa shape index (κ1) is 16.1. The third kappa shape index (κ3) is 3.30. The molecule has 0 aliphatic heterocycles. The minimum Gasteiger partial charge on any atom is -0.495 e. The van der Waals surface area contributed by atoms with Crippen molar-refractivity contribution < 1.29 is 18.3 Å². The molecule has 0 atom stereocenters. The molecular formula is C14H22N2O4S. The molecule has 1 aromatic carbocycles. The summed E-state index contributed by atoms with van der Waals surface area (Å²) in [6, 6.07) is 4.41. The molecule has 2 rings (SSSR count). The average Bonchev–Trinajstić information content (AvgIpc) is 2.98. The van der Waals surface area contributed by atoms with E-state index in [1.807, 2.05) is 0 Å². The van der Waals surface area contributed by atoms with Crippen molar-refractivity contribution in [2.24, 2.45) is 0 Å². The molecular weight excluding hydrogens is 292 g/mol. The van der Waals surface area contributed by atoms with Crippen molar-refractivity contribution in [2.45, 2.75) is 36.6 Å². The molecule has 1 saturated carbocycles. The van der Waals surface area contributed by atoms with Crippen LogP contribution in [0.4, 0.5) is 5.69 Å². The van der Waals surface area contributed by atoms with Crippen molar-refractivity contribution in [1.29, 1.82) is 0 Å². The Hall–Kier alpha value is -1.31. The van der Waals surface area contributed by atoms with E-state index in [4.69, 9.17) is 10.5 Å². The molecule has 3 N–H and O–H groups in total. The van der Waals surface area contributed by atoms with Gasteiger partial charge in [-0.1, -0.05) is 12.8 Å². The van der Waals surface area contributed by atoms with Crippen LogP contribution in [0.15, 0.2) is 23.1 Å². The van der Waals surface area contributed by atoms with E-state index in [1.165, 1.54) is 23.5 Å². The van der Waals surface area contributed by atoms with Gasteiger partial charge in [0.05, 0.1) is 24.3 Å². The van der Waals surface area contributed by atoms with Gasteiger partial charge in [-0.15, -0.1) is 0 Å². The summed E-state index contributed by atoms with van der Waals surface area (Å²) < 4.78 is 32.0. The molecule has 6 nitrogen and oxygen atoms in total. The van der Waals surface area contributed by atoms with Gasteiger partial charge in [-0.25, -0.2) is 8.42 Å². The third-order valence-corrected chi connectivity index (χ3v) is 5.81. The number of benzene rings is 1. The smallest absolute Gasteiger partial charge is 0.243 e. The van der Waals surface area contributed by atoms with Crippen LogP contribution in [0.1, 0.15) is 25.7 Å². The molecule has 0 amide bonds. The summed E-state index contributed by atoms with van der Waals surface area (Å²) in [6.07, 6.45) is 3.72. The van der Waals surface area contributed by atoms with Gasteiger partial charge in [0, 0.05) is 12.6 Å². The molecule has 118 valence electrons. The lowest BCUT2D eigenvalue weighted by Crippen LogP contribution is -2.40. The minimum atomic E-state index is -3.66. The summed E-state index contributed by atoms with van der Waals surface area (Å²) in [6.45, 7) is -0.0830. The topological polar surface area (TPSA) is 92.9 Å². The first-order chi connectivity index (χ1) is 10.0. The van der Waals surface area contributed by atoms with Crippen LogP contribution in [-0.4, -0.2) is 44.1 Å². The first-order valence-corrected chi connectivity index (χ1v) is 8.51. The summed E-state index contributed by atoms with van der Waals surface area (Å²) in [4.78, 5) is 0.140. The Labute approximate surface area is 125 Å². The Morgan fingerprint density at radius 1 is 1.38 bits per heavy atom. The van der Waals surface area contributed by atoms with E-state index >= 15 is 0 Å². The highest BCUT2D eigenvalue weighted by Crippen LogP contribution is 2.31. The molecule has 0 bridgehead atoms. The molecule has 1 aliphatic rings. The fourth-order valence-corrected chi connectivity index (χ4v) is 4.51. The SMILES string of the molecule is COc1ccc(S(=O)(=O)N(CCO)C2CCCC2)cc1N. The van der Waals surface area contributed by atoms with Crippen molar-refractivity contribution in [1.82, 2.24) is 4.31 Å². The summed E-state index contributed by atoms with van der Waals surface area (Å²) in [5.74, 6) is 0.448. The normalized spacial score (nSPS) is 16.5. The number of nitrogen functional groups attached to an aromatic ring is 1. The number of methoxy groups -OCH3 is 1. The quantitative estimate of drug-likeness (QED) is 0.770. The first-order valence-electron chi connectivity index (χ1n) is 7.07. The Morgan fingerprint density at radius 2 is 2.05 bits per heavy atom. The number of nitrogens with zero attached hydrogens (tertiary/aromatic N) is 1. The molecule has 0 heterocycles. The van der Waals surface area contributed by atoms with Gasteiger partial charge in [0.1, 0.15) is 5.75 Å². The lowest BCUT2D eigenvalue weighted by molar-refractivity contribution is 0.226. The van der Waals surface area contributed by atoms with E-state index in [0.717, 1.165) is 25.7 Å². The zero-order valence-corrected chi connectivity index (χ0v) is 13.0. The number of anilines is 1. The molecule has 0 radical (unpaired) electrons. The molecule has 7 heteroatoms. The van der Waals surface area contributed by atoms with Crippen LogP contribution in [0, 0.1) is 0 Å². The maximum Gasteiger partial charge on any atom is 0.243 e. The van der Waals surface area contributed by atoms with Gasteiger partial charge in [0.2, 0.25) is 10.0 Å². The van der Waals surface area contributed by atoms with Crippen molar-refractivity contribution >= 4 is 15.7 Å². The van der Waals surface area contributed by atoms with E-state index in [1.54, 1.807) is 6.07 Å². The lowest BCUT2D eigenvalue weighted by Gasteiger charge is -2.27. The number of nitrogens with two attached hydrogens (primary N) is 1. The highest BCUT2D eigenvalue weighted by atomic mass is 32.2. The van der Waals surface area contributed by atoms with Crippen molar-refractivity contribution in [3.05, 3.63) is 18.2 Å². The van der Waals surface area contributed by atoms with Gasteiger partial charge in [-0.2, -0.15) is 4.31 Å². The molecule has 1 aromatic rings. The van der Waals surface area contributed by atoms with Gasteiger partial charge in [0.15, 0.2) is 0 Å². The Balaban J connectivity index is 2.35. The maximum absolute atomic E-state index is 12.8. The lowest BCUT2D eigenvalue weighted by atomic mass is 10.2. The molecule has 0 aromatic heterocycles. The van der Waals surface area contributed by atoms with Crippen LogP contribution >= 0.6 is 0 Å². The molecule has 1 fully saturated rings. The number of rotatable bonds is 6. The molecule has 0 spiro atoms. The van der Waals surface area contributed by atoms with Gasteiger partial charge in [-0.05, 0) is 31.0 Å². The van der Waals surface area contributed by atoms with Crippen molar-refractivity contribution in [3.8, 4) is 5.75 Å². The van der Waals surface area contributed by atoms with Gasteiger partial charge >= 0.3 is 0 Å². The second kappa shape index (κ2) is 6.64. The van der Waals surface area contributed by atoms with Crippen LogP contribution in [0.3, 0.4) is 0 Å². The molecule has 1 aliphatic carbocycles. The van der Waals surface area contributed by atoms with E-state index < -0.39 is 10.0 Å². The monoisotopic (exact) mass is 314 g/mol.